The summed E-state index contributed by atoms with van der Waals surface area (Å²) in [5.41, 5.74) is 2.60. The van der Waals surface area contributed by atoms with Gasteiger partial charge in [0.1, 0.15) is 10.8 Å². The number of nitrogens with one attached hydrogen (secondary N) is 2. The molecule has 6 heteroatoms. The van der Waals surface area contributed by atoms with Crippen LogP contribution in [-0.2, 0) is 13.1 Å². The first-order chi connectivity index (χ1) is 10.5. The zero-order valence-electron chi connectivity index (χ0n) is 13.3. The van der Waals surface area contributed by atoms with Crippen molar-refractivity contribution in [1.82, 2.24) is 15.6 Å². The van der Waals surface area contributed by atoms with Crippen molar-refractivity contribution in [3.63, 3.8) is 0 Å². The van der Waals surface area contributed by atoms with Gasteiger partial charge >= 0.3 is 0 Å². The predicted molar refractivity (Wildman–Crippen MR) is 89.8 cm³/mol. The van der Waals surface area contributed by atoms with Gasteiger partial charge in [-0.25, -0.2) is 9.37 Å². The predicted octanol–water partition coefficient (Wildman–Crippen LogP) is 3.07. The molecular weight excluding hydrogens is 299 g/mol. The first kappa shape index (κ1) is 16.4. The van der Waals surface area contributed by atoms with E-state index < -0.39 is 0 Å². The van der Waals surface area contributed by atoms with Gasteiger partial charge in [0.05, 0.1) is 12.2 Å². The summed E-state index contributed by atoms with van der Waals surface area (Å²) in [5, 5.41) is 7.42. The molecule has 2 aromatic rings. The average molecular weight is 320 g/mol. The van der Waals surface area contributed by atoms with Gasteiger partial charge in [-0.3, -0.25) is 4.99 Å². The molecule has 0 aliphatic heterocycles. The van der Waals surface area contributed by atoms with E-state index in [9.17, 15) is 4.39 Å². The van der Waals surface area contributed by atoms with Crippen molar-refractivity contribution in [3.05, 3.63) is 50.7 Å². The Hall–Kier alpha value is -1.95. The van der Waals surface area contributed by atoms with Crippen LogP contribution in [0.5, 0.6) is 0 Å². The van der Waals surface area contributed by atoms with Crippen LogP contribution in [0.2, 0.25) is 0 Å². The molecule has 0 unspecified atom stereocenters. The number of aliphatic imine (C=N–C) groups is 1. The van der Waals surface area contributed by atoms with Crippen molar-refractivity contribution in [1.29, 1.82) is 0 Å². The highest BCUT2D eigenvalue weighted by atomic mass is 32.1. The van der Waals surface area contributed by atoms with Crippen LogP contribution in [0.25, 0.3) is 0 Å². The fraction of sp³-hybridized carbons (Fsp3) is 0.375. The monoisotopic (exact) mass is 320 g/mol. The van der Waals surface area contributed by atoms with E-state index in [0.29, 0.717) is 24.6 Å². The first-order valence-corrected chi connectivity index (χ1v) is 7.93. The number of benzene rings is 1. The molecule has 22 heavy (non-hydrogen) atoms. The molecule has 0 radical (unpaired) electrons. The van der Waals surface area contributed by atoms with Crippen molar-refractivity contribution >= 4 is 17.3 Å². The number of nitrogens with zero attached hydrogens (tertiary/aromatic N) is 2. The van der Waals surface area contributed by atoms with Crippen LogP contribution < -0.4 is 10.6 Å². The van der Waals surface area contributed by atoms with Gasteiger partial charge in [0.25, 0.3) is 0 Å². The summed E-state index contributed by atoms with van der Waals surface area (Å²) in [7, 11) is 1.71. The zero-order chi connectivity index (χ0) is 16.1. The number of aromatic nitrogens is 1. The van der Waals surface area contributed by atoms with Crippen LogP contribution in [-0.4, -0.2) is 18.0 Å². The fourth-order valence-corrected chi connectivity index (χ4v) is 2.80. The molecule has 1 aromatic heterocycles. The van der Waals surface area contributed by atoms with E-state index in [1.807, 2.05) is 13.0 Å². The SMILES string of the molecule is CN=C(NCc1ccc(C)c(F)c1)NCc1nc(C)c(C)s1. The quantitative estimate of drug-likeness (QED) is 0.672. The molecule has 0 saturated heterocycles. The van der Waals surface area contributed by atoms with Gasteiger partial charge in [-0.05, 0) is 38.0 Å². The molecule has 0 saturated carbocycles. The lowest BCUT2D eigenvalue weighted by Crippen LogP contribution is -2.36. The van der Waals surface area contributed by atoms with Crippen LogP contribution in [0.1, 0.15) is 26.7 Å². The van der Waals surface area contributed by atoms with Gasteiger partial charge < -0.3 is 10.6 Å². The summed E-state index contributed by atoms with van der Waals surface area (Å²) in [4.78, 5) is 9.88. The number of rotatable bonds is 4. The molecule has 118 valence electrons. The Balaban J connectivity index is 1.88. The van der Waals surface area contributed by atoms with E-state index in [-0.39, 0.29) is 5.82 Å². The third-order valence-electron chi connectivity index (χ3n) is 3.40. The first-order valence-electron chi connectivity index (χ1n) is 7.12. The molecule has 0 aliphatic rings. The number of aryl methyl sites for hydroxylation is 3. The Kier molecular flexibility index (Phi) is 5.49. The van der Waals surface area contributed by atoms with E-state index in [1.54, 1.807) is 37.4 Å². The summed E-state index contributed by atoms with van der Waals surface area (Å²) >= 11 is 1.68. The molecular formula is C16H21FN4S. The lowest BCUT2D eigenvalue weighted by atomic mass is 10.1. The third kappa shape index (κ3) is 4.27. The van der Waals surface area contributed by atoms with Gasteiger partial charge in [0, 0.05) is 18.5 Å². The van der Waals surface area contributed by atoms with Crippen LogP contribution in [0, 0.1) is 26.6 Å². The summed E-state index contributed by atoms with van der Waals surface area (Å²) in [6.45, 7) is 6.98. The smallest absolute Gasteiger partial charge is 0.191 e. The zero-order valence-corrected chi connectivity index (χ0v) is 14.1. The maximum absolute atomic E-state index is 13.5. The van der Waals surface area contributed by atoms with Crippen LogP contribution in [0.15, 0.2) is 23.2 Å². The molecule has 1 aromatic carbocycles. The Morgan fingerprint density at radius 2 is 1.95 bits per heavy atom. The van der Waals surface area contributed by atoms with E-state index in [0.717, 1.165) is 16.3 Å². The van der Waals surface area contributed by atoms with Gasteiger partial charge in [-0.2, -0.15) is 0 Å². The Bertz CT molecular complexity index is 659. The van der Waals surface area contributed by atoms with Gasteiger partial charge in [0.2, 0.25) is 0 Å². The molecule has 0 bridgehead atoms. The summed E-state index contributed by atoms with van der Waals surface area (Å²) in [6, 6.07) is 5.24. The third-order valence-corrected chi connectivity index (χ3v) is 4.47. The second-order valence-electron chi connectivity index (χ2n) is 5.11. The van der Waals surface area contributed by atoms with Crippen molar-refractivity contribution in [2.45, 2.75) is 33.9 Å². The molecule has 0 amide bonds. The highest BCUT2D eigenvalue weighted by Gasteiger charge is 2.05. The Labute approximate surface area is 134 Å². The van der Waals surface area contributed by atoms with Gasteiger partial charge in [0.15, 0.2) is 5.96 Å². The number of thiazole rings is 1. The van der Waals surface area contributed by atoms with Crippen molar-refractivity contribution < 1.29 is 4.39 Å². The maximum atomic E-state index is 13.5. The second-order valence-corrected chi connectivity index (χ2v) is 6.40. The van der Waals surface area contributed by atoms with Crippen LogP contribution in [0.4, 0.5) is 4.39 Å². The second kappa shape index (κ2) is 7.35. The largest absolute Gasteiger partial charge is 0.352 e. The number of halogens is 1. The maximum Gasteiger partial charge on any atom is 0.191 e. The number of guanidine groups is 1. The highest BCUT2D eigenvalue weighted by Crippen LogP contribution is 2.15. The minimum absolute atomic E-state index is 0.184. The number of hydrogen-bond acceptors (Lipinski definition) is 3. The minimum atomic E-state index is -0.184. The van der Waals surface area contributed by atoms with Gasteiger partial charge in [-0.15, -0.1) is 11.3 Å². The average Bonchev–Trinajstić information content (AvgIpc) is 2.81. The van der Waals surface area contributed by atoms with Crippen molar-refractivity contribution in [2.24, 2.45) is 4.99 Å². The summed E-state index contributed by atoms with van der Waals surface area (Å²) in [6.07, 6.45) is 0. The van der Waals surface area contributed by atoms with Crippen LogP contribution in [0.3, 0.4) is 0 Å². The van der Waals surface area contributed by atoms with Crippen molar-refractivity contribution in [3.8, 4) is 0 Å². The fourth-order valence-electron chi connectivity index (χ4n) is 1.93. The lowest BCUT2D eigenvalue weighted by molar-refractivity contribution is 0.615. The van der Waals surface area contributed by atoms with E-state index >= 15 is 0 Å². The molecule has 0 aliphatic carbocycles. The Morgan fingerprint density at radius 3 is 2.55 bits per heavy atom. The minimum Gasteiger partial charge on any atom is -0.352 e. The topological polar surface area (TPSA) is 49.3 Å². The summed E-state index contributed by atoms with van der Waals surface area (Å²) in [5.74, 6) is 0.488. The van der Waals surface area contributed by atoms with Gasteiger partial charge in [-0.1, -0.05) is 12.1 Å². The molecule has 2 rings (SSSR count). The van der Waals surface area contributed by atoms with Crippen molar-refractivity contribution in [2.75, 3.05) is 7.05 Å². The molecule has 0 atom stereocenters. The molecule has 4 nitrogen and oxygen atoms in total. The van der Waals surface area contributed by atoms with Crippen LogP contribution >= 0.6 is 11.3 Å². The summed E-state index contributed by atoms with van der Waals surface area (Å²) < 4.78 is 13.5. The molecule has 1 heterocycles. The molecule has 0 spiro atoms. The lowest BCUT2D eigenvalue weighted by Gasteiger charge is -2.11. The highest BCUT2D eigenvalue weighted by molar-refractivity contribution is 7.11. The van der Waals surface area contributed by atoms with E-state index in [1.165, 1.54) is 4.88 Å². The molecule has 2 N–H and O–H groups in total. The van der Waals surface area contributed by atoms with E-state index in [4.69, 9.17) is 0 Å². The molecule has 0 fully saturated rings. The van der Waals surface area contributed by atoms with E-state index in [2.05, 4.69) is 27.5 Å². The normalized spacial score (nSPS) is 11.6. The standard InChI is InChI=1S/C16H21FN4S/c1-10-5-6-13(7-14(10)17)8-19-16(18-4)20-9-15-21-11(2)12(3)22-15/h5-7H,8-9H2,1-4H3,(H2,18,19,20). The number of hydrogen-bond donors (Lipinski definition) is 2. The Morgan fingerprint density at radius 1 is 1.23 bits per heavy atom.